The lowest BCUT2D eigenvalue weighted by atomic mass is 10.2. The van der Waals surface area contributed by atoms with Gasteiger partial charge in [-0.3, -0.25) is 0 Å². The molecule has 0 aliphatic carbocycles. The molecular formula is C8H8BrClO2S. The van der Waals surface area contributed by atoms with Crippen LogP contribution in [0.15, 0.2) is 28.7 Å². The van der Waals surface area contributed by atoms with E-state index in [1.54, 1.807) is 25.1 Å². The molecule has 0 N–H and O–H groups in total. The Hall–Kier alpha value is -0.0600. The molecule has 0 amide bonds. The van der Waals surface area contributed by atoms with Crippen molar-refractivity contribution in [2.45, 2.75) is 12.2 Å². The second-order valence-electron chi connectivity index (χ2n) is 2.67. The molecule has 72 valence electrons. The molecule has 0 spiro atoms. The maximum absolute atomic E-state index is 11.0. The van der Waals surface area contributed by atoms with Crippen molar-refractivity contribution >= 4 is 35.7 Å². The predicted octanol–water partition coefficient (Wildman–Crippen LogP) is 3.08. The number of hydrogen-bond donors (Lipinski definition) is 0. The zero-order chi connectivity index (χ0) is 10.1. The van der Waals surface area contributed by atoms with Gasteiger partial charge in [-0.15, -0.1) is 0 Å². The van der Waals surface area contributed by atoms with Crippen LogP contribution >= 0.6 is 26.6 Å². The first-order valence-electron chi connectivity index (χ1n) is 3.60. The van der Waals surface area contributed by atoms with Crippen LogP contribution in [0.4, 0.5) is 0 Å². The van der Waals surface area contributed by atoms with Crippen molar-refractivity contribution in [3.8, 4) is 0 Å². The molecule has 0 radical (unpaired) electrons. The van der Waals surface area contributed by atoms with E-state index in [4.69, 9.17) is 10.7 Å². The van der Waals surface area contributed by atoms with Crippen LogP contribution in [0.1, 0.15) is 17.7 Å². The fourth-order valence-corrected chi connectivity index (χ4v) is 2.12. The van der Waals surface area contributed by atoms with Crippen LogP contribution in [0.25, 0.3) is 0 Å². The van der Waals surface area contributed by atoms with Crippen molar-refractivity contribution < 1.29 is 8.42 Å². The molecule has 1 atom stereocenters. The van der Waals surface area contributed by atoms with Crippen LogP contribution in [-0.2, 0) is 9.05 Å². The summed E-state index contributed by atoms with van der Waals surface area (Å²) >= 11 is 3.26. The Morgan fingerprint density at radius 1 is 1.46 bits per heavy atom. The van der Waals surface area contributed by atoms with Gasteiger partial charge in [0, 0.05) is 15.2 Å². The van der Waals surface area contributed by atoms with Gasteiger partial charge in [0.2, 0.25) is 9.05 Å². The Morgan fingerprint density at radius 2 is 2.08 bits per heavy atom. The van der Waals surface area contributed by atoms with Gasteiger partial charge in [0.15, 0.2) is 0 Å². The topological polar surface area (TPSA) is 34.1 Å². The quantitative estimate of drug-likeness (QED) is 0.782. The lowest BCUT2D eigenvalue weighted by molar-refractivity contribution is 0.600. The van der Waals surface area contributed by atoms with Gasteiger partial charge < -0.3 is 0 Å². The van der Waals surface area contributed by atoms with Gasteiger partial charge >= 0.3 is 0 Å². The van der Waals surface area contributed by atoms with Crippen LogP contribution in [0, 0.1) is 0 Å². The van der Waals surface area contributed by atoms with Crippen molar-refractivity contribution in [2.24, 2.45) is 0 Å². The Kier molecular flexibility index (Phi) is 3.38. The average molecular weight is 284 g/mol. The summed E-state index contributed by atoms with van der Waals surface area (Å²) in [6, 6.07) is 7.08. The van der Waals surface area contributed by atoms with Gasteiger partial charge in [0.05, 0.1) is 5.25 Å². The summed E-state index contributed by atoms with van der Waals surface area (Å²) in [6.07, 6.45) is 0. The third kappa shape index (κ3) is 2.97. The molecule has 13 heavy (non-hydrogen) atoms. The third-order valence-corrected chi connectivity index (χ3v) is 4.15. The molecule has 0 aromatic heterocycles. The van der Waals surface area contributed by atoms with Crippen molar-refractivity contribution in [2.75, 3.05) is 0 Å². The predicted molar refractivity (Wildman–Crippen MR) is 57.3 cm³/mol. The highest BCUT2D eigenvalue weighted by Crippen LogP contribution is 2.26. The summed E-state index contributed by atoms with van der Waals surface area (Å²) in [7, 11) is 1.71. The first-order chi connectivity index (χ1) is 5.91. The van der Waals surface area contributed by atoms with Gasteiger partial charge in [-0.1, -0.05) is 28.1 Å². The van der Waals surface area contributed by atoms with E-state index in [1.165, 1.54) is 0 Å². The summed E-state index contributed by atoms with van der Waals surface area (Å²) in [6.45, 7) is 1.56. The van der Waals surface area contributed by atoms with Crippen LogP contribution in [0.5, 0.6) is 0 Å². The first-order valence-corrected chi connectivity index (χ1v) is 6.77. The van der Waals surface area contributed by atoms with Crippen LogP contribution < -0.4 is 0 Å². The van der Waals surface area contributed by atoms with Gasteiger partial charge in [-0.05, 0) is 24.6 Å². The van der Waals surface area contributed by atoms with Crippen LogP contribution in [-0.4, -0.2) is 8.42 Å². The average Bonchev–Trinajstić information content (AvgIpc) is 2.01. The van der Waals surface area contributed by atoms with Crippen molar-refractivity contribution in [3.63, 3.8) is 0 Å². The number of benzene rings is 1. The van der Waals surface area contributed by atoms with E-state index in [0.29, 0.717) is 5.56 Å². The number of hydrogen-bond acceptors (Lipinski definition) is 2. The highest BCUT2D eigenvalue weighted by Gasteiger charge is 2.19. The summed E-state index contributed by atoms with van der Waals surface area (Å²) in [4.78, 5) is 0. The van der Waals surface area contributed by atoms with Gasteiger partial charge in [0.1, 0.15) is 0 Å². The Labute approximate surface area is 90.5 Å². The Bertz CT molecular complexity index is 402. The molecule has 0 saturated carbocycles. The SMILES string of the molecule is CC(c1cccc(Br)c1)S(=O)(=O)Cl. The molecule has 1 aromatic carbocycles. The third-order valence-electron chi connectivity index (χ3n) is 1.74. The van der Waals surface area contributed by atoms with Crippen LogP contribution in [0.2, 0.25) is 0 Å². The van der Waals surface area contributed by atoms with Gasteiger partial charge in [-0.25, -0.2) is 8.42 Å². The molecule has 0 bridgehead atoms. The molecule has 0 saturated heterocycles. The summed E-state index contributed by atoms with van der Waals surface area (Å²) < 4.78 is 22.8. The first kappa shape index (κ1) is 11.0. The molecular weight excluding hydrogens is 276 g/mol. The van der Waals surface area contributed by atoms with E-state index in [1.807, 2.05) is 6.07 Å². The minimum absolute atomic E-state index is 0.674. The minimum atomic E-state index is -3.52. The van der Waals surface area contributed by atoms with Crippen molar-refractivity contribution in [3.05, 3.63) is 34.3 Å². The molecule has 0 heterocycles. The largest absolute Gasteiger partial charge is 0.239 e. The Balaban J connectivity index is 3.10. The zero-order valence-electron chi connectivity index (χ0n) is 6.87. The van der Waals surface area contributed by atoms with E-state index < -0.39 is 14.3 Å². The summed E-state index contributed by atoms with van der Waals surface area (Å²) in [5, 5.41) is -0.674. The number of rotatable bonds is 2. The summed E-state index contributed by atoms with van der Waals surface area (Å²) in [5.74, 6) is 0. The lowest BCUT2D eigenvalue weighted by Crippen LogP contribution is -2.02. The molecule has 0 fully saturated rings. The fraction of sp³-hybridized carbons (Fsp3) is 0.250. The minimum Gasteiger partial charge on any atom is -0.212 e. The monoisotopic (exact) mass is 282 g/mol. The van der Waals surface area contributed by atoms with Gasteiger partial charge in [-0.2, -0.15) is 0 Å². The highest BCUT2D eigenvalue weighted by atomic mass is 79.9. The van der Waals surface area contributed by atoms with Gasteiger partial charge in [0.25, 0.3) is 0 Å². The normalized spacial score (nSPS) is 14.1. The Morgan fingerprint density at radius 3 is 2.54 bits per heavy atom. The fourth-order valence-electron chi connectivity index (χ4n) is 0.922. The molecule has 1 unspecified atom stereocenters. The molecule has 0 aliphatic rings. The summed E-state index contributed by atoms with van der Waals surface area (Å²) in [5.41, 5.74) is 0.685. The molecule has 1 rings (SSSR count). The van der Waals surface area contributed by atoms with E-state index >= 15 is 0 Å². The van der Waals surface area contributed by atoms with Crippen LogP contribution in [0.3, 0.4) is 0 Å². The van der Waals surface area contributed by atoms with E-state index in [-0.39, 0.29) is 0 Å². The molecule has 1 aromatic rings. The highest BCUT2D eigenvalue weighted by molar-refractivity contribution is 9.10. The van der Waals surface area contributed by atoms with Crippen molar-refractivity contribution in [1.82, 2.24) is 0 Å². The smallest absolute Gasteiger partial charge is 0.212 e. The van der Waals surface area contributed by atoms with Crippen molar-refractivity contribution in [1.29, 1.82) is 0 Å². The standard InChI is InChI=1S/C8H8BrClO2S/c1-6(13(10,11)12)7-3-2-4-8(9)5-7/h2-6H,1H3. The zero-order valence-corrected chi connectivity index (χ0v) is 10.0. The maximum Gasteiger partial charge on any atom is 0.239 e. The molecule has 0 aliphatic heterocycles. The molecule has 5 heteroatoms. The van der Waals surface area contributed by atoms with E-state index in [9.17, 15) is 8.42 Å². The number of halogens is 2. The maximum atomic E-state index is 11.0. The lowest BCUT2D eigenvalue weighted by Gasteiger charge is -2.07. The van der Waals surface area contributed by atoms with E-state index in [0.717, 1.165) is 4.47 Å². The van der Waals surface area contributed by atoms with E-state index in [2.05, 4.69) is 15.9 Å². The second kappa shape index (κ2) is 3.98. The second-order valence-corrected chi connectivity index (χ2v) is 6.54. The molecule has 2 nitrogen and oxygen atoms in total.